The van der Waals surface area contributed by atoms with Crippen molar-refractivity contribution in [2.45, 2.75) is 19.8 Å². The number of H-pyrrole nitrogens is 1. The van der Waals surface area contributed by atoms with E-state index in [1.54, 1.807) is 17.5 Å². The monoisotopic (exact) mass is 458 g/mol. The van der Waals surface area contributed by atoms with Crippen LogP contribution in [0.1, 0.15) is 30.9 Å². The summed E-state index contributed by atoms with van der Waals surface area (Å²) in [5, 5.41) is 9.51. The number of nitrogens with zero attached hydrogens (tertiary/aromatic N) is 2. The van der Waals surface area contributed by atoms with E-state index in [1.807, 2.05) is 49.0 Å². The number of hydrogen-bond acceptors (Lipinski definition) is 5. The molecule has 0 saturated heterocycles. The molecule has 0 bridgehead atoms. The zero-order chi connectivity index (χ0) is 22.1. The first kappa shape index (κ1) is 20.6. The van der Waals surface area contributed by atoms with Gasteiger partial charge in [0.2, 0.25) is 5.91 Å². The lowest BCUT2D eigenvalue weighted by Crippen LogP contribution is -2.37. The van der Waals surface area contributed by atoms with Crippen LogP contribution in [0.2, 0.25) is 0 Å². The molecule has 1 amide bonds. The second kappa shape index (κ2) is 8.33. The number of benzene rings is 2. The third-order valence-electron chi connectivity index (χ3n) is 5.73. The Hall–Kier alpha value is -3.29. The third kappa shape index (κ3) is 3.85. The van der Waals surface area contributed by atoms with Crippen molar-refractivity contribution in [2.75, 3.05) is 5.32 Å². The van der Waals surface area contributed by atoms with Crippen LogP contribution in [0.15, 0.2) is 77.8 Å². The van der Waals surface area contributed by atoms with Gasteiger partial charge in [-0.2, -0.15) is 0 Å². The minimum atomic E-state index is -0.713. The van der Waals surface area contributed by atoms with Gasteiger partial charge in [0.1, 0.15) is 5.01 Å². The molecule has 5 aromatic rings. The van der Waals surface area contributed by atoms with E-state index in [9.17, 15) is 4.79 Å². The number of anilines is 1. The minimum absolute atomic E-state index is 0.0565. The van der Waals surface area contributed by atoms with Crippen LogP contribution in [-0.2, 0) is 4.79 Å². The molecule has 5 rings (SSSR count). The molecular weight excluding hydrogens is 436 g/mol. The molecule has 3 aromatic heterocycles. The minimum Gasteiger partial charge on any atom is -0.353 e. The fraction of sp³-hybridized carbons (Fsp3) is 0.160. The first-order valence-corrected chi connectivity index (χ1v) is 12.1. The van der Waals surface area contributed by atoms with Gasteiger partial charge in [0.05, 0.1) is 11.1 Å². The number of amides is 1. The smallest absolute Gasteiger partial charge is 0.232 e. The SMILES string of the molecule is CC(C)(C(=O)Nc1nccs1)C(c1ccccc1)c1ccc2[nH]c(-c3nccs3)cc2c1. The summed E-state index contributed by atoms with van der Waals surface area (Å²) in [4.78, 5) is 25.5. The first-order valence-electron chi connectivity index (χ1n) is 10.3. The number of thiazole rings is 2. The lowest BCUT2D eigenvalue weighted by Gasteiger charge is -2.34. The summed E-state index contributed by atoms with van der Waals surface area (Å²) in [7, 11) is 0. The molecule has 7 heteroatoms. The normalized spacial score (nSPS) is 12.7. The fourth-order valence-electron chi connectivity index (χ4n) is 4.15. The van der Waals surface area contributed by atoms with E-state index in [0.717, 1.165) is 32.7 Å². The highest BCUT2D eigenvalue weighted by Gasteiger charge is 2.39. The van der Waals surface area contributed by atoms with Crippen LogP contribution in [0.5, 0.6) is 0 Å². The molecule has 0 spiro atoms. The van der Waals surface area contributed by atoms with Crippen LogP contribution < -0.4 is 5.32 Å². The molecule has 5 nitrogen and oxygen atoms in total. The quantitative estimate of drug-likeness (QED) is 0.303. The van der Waals surface area contributed by atoms with Crippen molar-refractivity contribution in [2.24, 2.45) is 5.41 Å². The Morgan fingerprint density at radius 2 is 1.75 bits per heavy atom. The maximum atomic E-state index is 13.4. The molecule has 0 aliphatic carbocycles. The van der Waals surface area contributed by atoms with Crippen molar-refractivity contribution in [3.05, 3.63) is 88.9 Å². The molecule has 0 saturated carbocycles. The molecule has 2 aromatic carbocycles. The number of carbonyl (C=O) groups is 1. The van der Waals surface area contributed by atoms with E-state index in [0.29, 0.717) is 5.13 Å². The van der Waals surface area contributed by atoms with Crippen molar-refractivity contribution in [3.63, 3.8) is 0 Å². The lowest BCUT2D eigenvalue weighted by atomic mass is 9.70. The van der Waals surface area contributed by atoms with E-state index in [1.165, 1.54) is 11.3 Å². The Bertz CT molecular complexity index is 1340. The Labute approximate surface area is 194 Å². The summed E-state index contributed by atoms with van der Waals surface area (Å²) in [6.45, 7) is 3.99. The summed E-state index contributed by atoms with van der Waals surface area (Å²) >= 11 is 3.03. The maximum Gasteiger partial charge on any atom is 0.232 e. The Kier molecular flexibility index (Phi) is 5.36. The number of rotatable bonds is 6. The molecule has 3 heterocycles. The summed E-state index contributed by atoms with van der Waals surface area (Å²) in [5.74, 6) is -0.190. The zero-order valence-electron chi connectivity index (χ0n) is 17.7. The van der Waals surface area contributed by atoms with Crippen LogP contribution in [0.3, 0.4) is 0 Å². The highest BCUT2D eigenvalue weighted by atomic mass is 32.1. The lowest BCUT2D eigenvalue weighted by molar-refractivity contribution is -0.124. The van der Waals surface area contributed by atoms with Gasteiger partial charge < -0.3 is 10.3 Å². The Morgan fingerprint density at radius 1 is 0.969 bits per heavy atom. The van der Waals surface area contributed by atoms with Crippen LogP contribution in [0.25, 0.3) is 21.6 Å². The second-order valence-electron chi connectivity index (χ2n) is 8.22. The summed E-state index contributed by atoms with van der Waals surface area (Å²) in [6.07, 6.45) is 3.51. The molecule has 1 unspecified atom stereocenters. The summed E-state index contributed by atoms with van der Waals surface area (Å²) < 4.78 is 0. The van der Waals surface area contributed by atoms with E-state index in [2.05, 4.69) is 56.7 Å². The van der Waals surface area contributed by atoms with Gasteiger partial charge in [-0.3, -0.25) is 4.79 Å². The van der Waals surface area contributed by atoms with E-state index < -0.39 is 5.41 Å². The van der Waals surface area contributed by atoms with Crippen molar-refractivity contribution < 1.29 is 4.79 Å². The molecule has 0 aliphatic heterocycles. The highest BCUT2D eigenvalue weighted by molar-refractivity contribution is 7.13. The van der Waals surface area contributed by atoms with Gasteiger partial charge in [0.25, 0.3) is 0 Å². The fourth-order valence-corrected chi connectivity index (χ4v) is 5.28. The largest absolute Gasteiger partial charge is 0.353 e. The van der Waals surface area contributed by atoms with Crippen LogP contribution >= 0.6 is 22.7 Å². The van der Waals surface area contributed by atoms with E-state index in [-0.39, 0.29) is 11.8 Å². The molecule has 0 radical (unpaired) electrons. The Balaban J connectivity index is 1.57. The number of carbonyl (C=O) groups excluding carboxylic acids is 1. The maximum absolute atomic E-state index is 13.4. The number of hydrogen-bond donors (Lipinski definition) is 2. The summed E-state index contributed by atoms with van der Waals surface area (Å²) in [6, 6.07) is 18.7. The first-order chi connectivity index (χ1) is 15.5. The number of nitrogens with one attached hydrogen (secondary N) is 2. The zero-order valence-corrected chi connectivity index (χ0v) is 19.3. The molecule has 1 atom stereocenters. The van der Waals surface area contributed by atoms with Gasteiger partial charge >= 0.3 is 0 Å². The topological polar surface area (TPSA) is 70.7 Å². The number of aromatic amines is 1. The molecular formula is C25H22N4OS2. The highest BCUT2D eigenvalue weighted by Crippen LogP contribution is 2.43. The standard InChI is InChI=1S/C25H22N4OS2/c1-25(2,23(30)29-24-27-11-13-32-24)21(16-6-4-3-5-7-16)17-8-9-19-18(14-17)15-20(28-19)22-26-10-12-31-22/h3-15,21,28H,1-2H3,(H,27,29,30). The van der Waals surface area contributed by atoms with E-state index in [4.69, 9.17) is 0 Å². The van der Waals surface area contributed by atoms with Crippen LogP contribution in [0.4, 0.5) is 5.13 Å². The molecule has 32 heavy (non-hydrogen) atoms. The van der Waals surface area contributed by atoms with Gasteiger partial charge in [0, 0.05) is 40.0 Å². The van der Waals surface area contributed by atoms with Crippen molar-refractivity contribution in [3.8, 4) is 10.7 Å². The number of fused-ring (bicyclic) bond motifs is 1. The third-order valence-corrected chi connectivity index (χ3v) is 7.23. The predicted octanol–water partition coefficient (Wildman–Crippen LogP) is 6.54. The molecule has 2 N–H and O–H groups in total. The molecule has 0 fully saturated rings. The van der Waals surface area contributed by atoms with Crippen LogP contribution in [0, 0.1) is 5.41 Å². The predicted molar refractivity (Wildman–Crippen MR) is 132 cm³/mol. The van der Waals surface area contributed by atoms with Crippen molar-refractivity contribution >= 4 is 44.6 Å². The van der Waals surface area contributed by atoms with E-state index >= 15 is 0 Å². The van der Waals surface area contributed by atoms with Gasteiger partial charge in [-0.15, -0.1) is 22.7 Å². The van der Waals surface area contributed by atoms with Crippen molar-refractivity contribution in [1.82, 2.24) is 15.0 Å². The van der Waals surface area contributed by atoms with Gasteiger partial charge in [-0.05, 0) is 29.3 Å². The molecule has 0 aliphatic rings. The van der Waals surface area contributed by atoms with Crippen molar-refractivity contribution in [1.29, 1.82) is 0 Å². The van der Waals surface area contributed by atoms with Gasteiger partial charge in [0.15, 0.2) is 5.13 Å². The van der Waals surface area contributed by atoms with Crippen LogP contribution in [-0.4, -0.2) is 20.9 Å². The average Bonchev–Trinajstić information content (AvgIpc) is 3.55. The average molecular weight is 459 g/mol. The Morgan fingerprint density at radius 3 is 2.47 bits per heavy atom. The second-order valence-corrected chi connectivity index (χ2v) is 10.0. The number of aromatic nitrogens is 3. The van der Waals surface area contributed by atoms with Gasteiger partial charge in [-0.25, -0.2) is 9.97 Å². The molecule has 160 valence electrons. The van der Waals surface area contributed by atoms with Gasteiger partial charge in [-0.1, -0.05) is 50.2 Å². The summed E-state index contributed by atoms with van der Waals surface area (Å²) in [5.41, 5.74) is 3.53.